The van der Waals surface area contributed by atoms with E-state index in [9.17, 15) is 9.18 Å². The lowest BCUT2D eigenvalue weighted by Crippen LogP contribution is -2.22. The van der Waals surface area contributed by atoms with Crippen molar-refractivity contribution in [1.29, 1.82) is 0 Å². The van der Waals surface area contributed by atoms with E-state index in [4.69, 9.17) is 0 Å². The highest BCUT2D eigenvalue weighted by Crippen LogP contribution is 2.04. The topological polar surface area (TPSA) is 33.2 Å². The average Bonchev–Trinajstić information content (AvgIpc) is 2.45. The molecule has 0 bridgehead atoms. The fourth-order valence-electron chi connectivity index (χ4n) is 1.53. The van der Waals surface area contributed by atoms with Gasteiger partial charge >= 0.3 is 0 Å². The number of hydrogen-bond acceptors (Lipinski definition) is 2. The molecular formula is C16H13FN2O. The van der Waals surface area contributed by atoms with E-state index >= 15 is 0 Å². The molecule has 1 amide bonds. The van der Waals surface area contributed by atoms with Crippen molar-refractivity contribution < 1.29 is 9.18 Å². The number of rotatable bonds is 1. The van der Waals surface area contributed by atoms with E-state index in [2.05, 4.69) is 16.8 Å². The lowest BCUT2D eigenvalue weighted by Gasteiger charge is -2.08. The number of benzene rings is 1. The lowest BCUT2D eigenvalue weighted by atomic mass is 10.2. The van der Waals surface area contributed by atoms with Crippen LogP contribution in [0.4, 0.5) is 4.39 Å². The van der Waals surface area contributed by atoms with E-state index in [0.717, 1.165) is 0 Å². The maximum atomic E-state index is 13.0. The zero-order valence-electron chi connectivity index (χ0n) is 11.2. The van der Waals surface area contributed by atoms with E-state index in [-0.39, 0.29) is 11.7 Å². The van der Waals surface area contributed by atoms with Crippen LogP contribution >= 0.6 is 0 Å². The molecule has 0 N–H and O–H groups in total. The highest BCUT2D eigenvalue weighted by molar-refractivity contribution is 5.91. The van der Waals surface area contributed by atoms with Gasteiger partial charge in [0.25, 0.3) is 5.91 Å². The van der Waals surface area contributed by atoms with Crippen LogP contribution in [0.15, 0.2) is 42.6 Å². The second-order valence-electron chi connectivity index (χ2n) is 4.39. The Hall–Kier alpha value is -2.67. The van der Waals surface area contributed by atoms with Gasteiger partial charge in [-0.25, -0.2) is 9.37 Å². The molecule has 0 aliphatic carbocycles. The molecule has 3 nitrogen and oxygen atoms in total. The third-order valence-corrected chi connectivity index (χ3v) is 2.56. The second-order valence-corrected chi connectivity index (χ2v) is 4.39. The fourth-order valence-corrected chi connectivity index (χ4v) is 1.53. The summed E-state index contributed by atoms with van der Waals surface area (Å²) in [7, 11) is 3.34. The van der Waals surface area contributed by atoms with Gasteiger partial charge in [0.05, 0.1) is 0 Å². The summed E-state index contributed by atoms with van der Waals surface area (Å²) in [4.78, 5) is 17.2. The van der Waals surface area contributed by atoms with Gasteiger partial charge in [-0.1, -0.05) is 17.9 Å². The third-order valence-electron chi connectivity index (χ3n) is 2.56. The van der Waals surface area contributed by atoms with Crippen LogP contribution in [0, 0.1) is 17.7 Å². The molecule has 1 aromatic carbocycles. The molecule has 0 fully saturated rings. The number of halogens is 1. The zero-order chi connectivity index (χ0) is 14.5. The largest absolute Gasteiger partial charge is 0.343 e. The zero-order valence-corrected chi connectivity index (χ0v) is 11.2. The first-order chi connectivity index (χ1) is 9.56. The van der Waals surface area contributed by atoms with Crippen LogP contribution < -0.4 is 0 Å². The van der Waals surface area contributed by atoms with E-state index < -0.39 is 0 Å². The van der Waals surface area contributed by atoms with Crippen molar-refractivity contribution >= 4 is 5.91 Å². The van der Waals surface area contributed by atoms with E-state index in [0.29, 0.717) is 16.8 Å². The first-order valence-electron chi connectivity index (χ1n) is 6.01. The average molecular weight is 268 g/mol. The first-order valence-corrected chi connectivity index (χ1v) is 6.01. The van der Waals surface area contributed by atoms with Crippen LogP contribution in [0.3, 0.4) is 0 Å². The van der Waals surface area contributed by atoms with E-state index in [1.54, 1.807) is 38.4 Å². The number of carbonyl (C=O) groups is 1. The molecule has 20 heavy (non-hydrogen) atoms. The lowest BCUT2D eigenvalue weighted by molar-refractivity contribution is 0.0822. The molecule has 0 atom stereocenters. The quantitative estimate of drug-likeness (QED) is 0.744. The Kier molecular flexibility index (Phi) is 4.11. The van der Waals surface area contributed by atoms with Crippen molar-refractivity contribution in [2.24, 2.45) is 0 Å². The molecule has 0 saturated carbocycles. The van der Waals surface area contributed by atoms with E-state index in [1.165, 1.54) is 23.2 Å². The van der Waals surface area contributed by atoms with Gasteiger partial charge in [-0.05, 0) is 30.3 Å². The summed E-state index contributed by atoms with van der Waals surface area (Å²) in [5, 5.41) is 0. The van der Waals surface area contributed by atoms with E-state index in [1.807, 2.05) is 0 Å². The van der Waals surface area contributed by atoms with Gasteiger partial charge in [-0.15, -0.1) is 0 Å². The van der Waals surface area contributed by atoms with Gasteiger partial charge in [-0.2, -0.15) is 0 Å². The van der Waals surface area contributed by atoms with Crippen molar-refractivity contribution in [3.8, 4) is 11.8 Å². The van der Waals surface area contributed by atoms with Gasteiger partial charge < -0.3 is 4.90 Å². The van der Waals surface area contributed by atoms with Gasteiger partial charge in [0, 0.05) is 31.4 Å². The Morgan fingerprint density at radius 3 is 2.50 bits per heavy atom. The summed E-state index contributed by atoms with van der Waals surface area (Å²) >= 11 is 0. The normalized spacial score (nSPS) is 9.55. The smallest absolute Gasteiger partial charge is 0.271 e. The van der Waals surface area contributed by atoms with Crippen LogP contribution in [0.2, 0.25) is 0 Å². The molecule has 0 radical (unpaired) electrons. The van der Waals surface area contributed by atoms with Crippen LogP contribution in [0.1, 0.15) is 21.6 Å². The predicted octanol–water partition coefficient (Wildman–Crippen LogP) is 2.32. The minimum atomic E-state index is -0.318. The SMILES string of the molecule is CN(C)C(=O)c1ccc(C#Cc2cccc(F)c2)cn1. The Labute approximate surface area is 117 Å². The molecule has 1 heterocycles. The van der Waals surface area contributed by atoms with Gasteiger partial charge in [0.2, 0.25) is 0 Å². The maximum Gasteiger partial charge on any atom is 0.271 e. The molecule has 2 aromatic rings. The van der Waals surface area contributed by atoms with Crippen molar-refractivity contribution in [2.45, 2.75) is 0 Å². The minimum absolute atomic E-state index is 0.158. The van der Waals surface area contributed by atoms with Crippen LogP contribution in [0.5, 0.6) is 0 Å². The summed E-state index contributed by atoms with van der Waals surface area (Å²) in [6.45, 7) is 0. The van der Waals surface area contributed by atoms with Crippen molar-refractivity contribution in [2.75, 3.05) is 14.1 Å². The first kappa shape index (κ1) is 13.8. The van der Waals surface area contributed by atoms with Crippen LogP contribution in [-0.2, 0) is 0 Å². The summed E-state index contributed by atoms with van der Waals surface area (Å²) in [5.41, 5.74) is 1.63. The molecule has 100 valence electrons. The number of amides is 1. The monoisotopic (exact) mass is 268 g/mol. The molecule has 1 aromatic heterocycles. The Balaban J connectivity index is 2.18. The number of carbonyl (C=O) groups excluding carboxylic acids is 1. The van der Waals surface area contributed by atoms with Gasteiger partial charge in [0.15, 0.2) is 0 Å². The summed E-state index contributed by atoms with van der Waals surface area (Å²) in [6.07, 6.45) is 1.53. The van der Waals surface area contributed by atoms with Gasteiger partial charge in [0.1, 0.15) is 11.5 Å². The van der Waals surface area contributed by atoms with Crippen LogP contribution in [0.25, 0.3) is 0 Å². The molecule has 0 saturated heterocycles. The number of aromatic nitrogens is 1. The Morgan fingerprint density at radius 1 is 1.15 bits per heavy atom. The van der Waals surface area contributed by atoms with Crippen molar-refractivity contribution in [3.63, 3.8) is 0 Å². The highest BCUT2D eigenvalue weighted by atomic mass is 19.1. The van der Waals surface area contributed by atoms with Crippen molar-refractivity contribution in [1.82, 2.24) is 9.88 Å². The molecular weight excluding hydrogens is 255 g/mol. The Bertz CT molecular complexity index is 682. The van der Waals surface area contributed by atoms with Crippen molar-refractivity contribution in [3.05, 3.63) is 65.2 Å². The molecule has 2 rings (SSSR count). The maximum absolute atomic E-state index is 13.0. The second kappa shape index (κ2) is 5.98. The predicted molar refractivity (Wildman–Crippen MR) is 74.6 cm³/mol. The third kappa shape index (κ3) is 3.42. The standard InChI is InChI=1S/C16H13FN2O/c1-19(2)16(20)15-9-8-13(11-18-15)7-6-12-4-3-5-14(17)10-12/h3-5,8-11H,1-2H3. The summed E-state index contributed by atoms with van der Waals surface area (Å²) < 4.78 is 13.0. The number of nitrogens with zero attached hydrogens (tertiary/aromatic N) is 2. The summed E-state index contributed by atoms with van der Waals surface area (Å²) in [5.74, 6) is 5.25. The molecule has 0 unspecified atom stereocenters. The summed E-state index contributed by atoms with van der Waals surface area (Å²) in [6, 6.07) is 9.41. The fraction of sp³-hybridized carbons (Fsp3) is 0.125. The molecule has 0 aliphatic rings. The highest BCUT2D eigenvalue weighted by Gasteiger charge is 2.08. The minimum Gasteiger partial charge on any atom is -0.343 e. The molecule has 0 aliphatic heterocycles. The number of pyridine rings is 1. The van der Waals surface area contributed by atoms with Crippen LogP contribution in [-0.4, -0.2) is 29.9 Å². The number of hydrogen-bond donors (Lipinski definition) is 0. The molecule has 4 heteroatoms. The van der Waals surface area contributed by atoms with Gasteiger partial charge in [-0.3, -0.25) is 4.79 Å². The Morgan fingerprint density at radius 2 is 1.90 bits per heavy atom. The molecule has 0 spiro atoms.